The third kappa shape index (κ3) is 2.97. The van der Waals surface area contributed by atoms with Crippen molar-refractivity contribution in [3.63, 3.8) is 0 Å². The zero-order valence-corrected chi connectivity index (χ0v) is 11.5. The summed E-state index contributed by atoms with van der Waals surface area (Å²) in [6.07, 6.45) is 1.71. The standard InChI is InChI=1S/C15H20FNO/c1-6-10-17(15(3,4)5)14-12(11(2)18)8-7-9-13(14)16/h6-9H,1,10H2,2-5H3. The summed E-state index contributed by atoms with van der Waals surface area (Å²) >= 11 is 0. The molecule has 98 valence electrons. The van der Waals surface area contributed by atoms with Crippen LogP contribution in [0.5, 0.6) is 0 Å². The monoisotopic (exact) mass is 249 g/mol. The average Bonchev–Trinajstić information content (AvgIpc) is 2.24. The third-order valence-corrected chi connectivity index (χ3v) is 2.76. The highest BCUT2D eigenvalue weighted by Gasteiger charge is 2.26. The van der Waals surface area contributed by atoms with Gasteiger partial charge in [-0.2, -0.15) is 0 Å². The van der Waals surface area contributed by atoms with Gasteiger partial charge in [0.2, 0.25) is 0 Å². The van der Waals surface area contributed by atoms with Crippen molar-refractivity contribution in [3.8, 4) is 0 Å². The summed E-state index contributed by atoms with van der Waals surface area (Å²) in [6, 6.07) is 4.59. The maximum absolute atomic E-state index is 14.1. The Labute approximate surface area is 108 Å². The Morgan fingerprint density at radius 3 is 2.50 bits per heavy atom. The molecule has 0 saturated carbocycles. The molecule has 0 spiro atoms. The van der Waals surface area contributed by atoms with Gasteiger partial charge in [0, 0.05) is 17.6 Å². The van der Waals surface area contributed by atoms with Crippen molar-refractivity contribution in [2.75, 3.05) is 11.4 Å². The van der Waals surface area contributed by atoms with Crippen LogP contribution < -0.4 is 4.90 Å². The summed E-state index contributed by atoms with van der Waals surface area (Å²) in [6.45, 7) is 11.6. The van der Waals surface area contributed by atoms with Crippen molar-refractivity contribution >= 4 is 11.5 Å². The molecule has 0 aliphatic heterocycles. The second kappa shape index (κ2) is 5.34. The smallest absolute Gasteiger partial charge is 0.161 e. The lowest BCUT2D eigenvalue weighted by molar-refractivity contribution is 0.101. The summed E-state index contributed by atoms with van der Waals surface area (Å²) in [5.74, 6) is -0.512. The van der Waals surface area contributed by atoms with Gasteiger partial charge in [-0.15, -0.1) is 6.58 Å². The SMILES string of the molecule is C=CCN(c1c(F)cccc1C(C)=O)C(C)(C)C. The van der Waals surface area contributed by atoms with Gasteiger partial charge in [0.1, 0.15) is 5.82 Å². The van der Waals surface area contributed by atoms with E-state index in [0.29, 0.717) is 17.8 Å². The Balaban J connectivity index is 3.44. The van der Waals surface area contributed by atoms with E-state index in [0.717, 1.165) is 0 Å². The first kappa shape index (κ1) is 14.4. The van der Waals surface area contributed by atoms with Gasteiger partial charge in [0.15, 0.2) is 5.78 Å². The summed E-state index contributed by atoms with van der Waals surface area (Å²) in [7, 11) is 0. The molecule has 0 aromatic heterocycles. The summed E-state index contributed by atoms with van der Waals surface area (Å²) < 4.78 is 14.1. The normalized spacial score (nSPS) is 11.2. The maximum Gasteiger partial charge on any atom is 0.161 e. The van der Waals surface area contributed by atoms with E-state index in [1.165, 1.54) is 13.0 Å². The van der Waals surface area contributed by atoms with Crippen molar-refractivity contribution < 1.29 is 9.18 Å². The Hall–Kier alpha value is -1.64. The molecule has 0 fully saturated rings. The van der Waals surface area contributed by atoms with Crippen LogP contribution in [-0.2, 0) is 0 Å². The molecule has 0 N–H and O–H groups in total. The van der Waals surface area contributed by atoms with Crippen LogP contribution >= 0.6 is 0 Å². The molecule has 1 aromatic carbocycles. The lowest BCUT2D eigenvalue weighted by Gasteiger charge is -2.38. The number of carbonyl (C=O) groups excluding carboxylic acids is 1. The lowest BCUT2D eigenvalue weighted by Crippen LogP contribution is -2.43. The quantitative estimate of drug-likeness (QED) is 0.597. The van der Waals surface area contributed by atoms with Gasteiger partial charge in [0.05, 0.1) is 5.69 Å². The Kier molecular flexibility index (Phi) is 4.28. The third-order valence-electron chi connectivity index (χ3n) is 2.76. The number of carbonyl (C=O) groups is 1. The highest BCUT2D eigenvalue weighted by molar-refractivity contribution is 6.00. The molecular weight excluding hydrogens is 229 g/mol. The van der Waals surface area contributed by atoms with Gasteiger partial charge in [-0.25, -0.2) is 4.39 Å². The van der Waals surface area contributed by atoms with Crippen LogP contribution in [0.2, 0.25) is 0 Å². The van der Waals surface area contributed by atoms with Crippen molar-refractivity contribution in [2.45, 2.75) is 33.2 Å². The summed E-state index contributed by atoms with van der Waals surface area (Å²) in [4.78, 5) is 13.5. The first-order valence-corrected chi connectivity index (χ1v) is 5.97. The molecule has 0 aliphatic rings. The number of anilines is 1. The lowest BCUT2D eigenvalue weighted by atomic mass is 10.0. The molecule has 0 amide bonds. The second-order valence-corrected chi connectivity index (χ2v) is 5.26. The Morgan fingerprint density at radius 1 is 1.44 bits per heavy atom. The van der Waals surface area contributed by atoms with E-state index in [4.69, 9.17) is 0 Å². The molecule has 18 heavy (non-hydrogen) atoms. The Morgan fingerprint density at radius 2 is 2.06 bits per heavy atom. The van der Waals surface area contributed by atoms with Crippen LogP contribution in [0.15, 0.2) is 30.9 Å². The molecule has 0 bridgehead atoms. The van der Waals surface area contributed by atoms with Crippen LogP contribution in [-0.4, -0.2) is 17.9 Å². The molecule has 0 aliphatic carbocycles. The van der Waals surface area contributed by atoms with E-state index in [2.05, 4.69) is 6.58 Å². The summed E-state index contributed by atoms with van der Waals surface area (Å²) in [5, 5.41) is 0. The van der Waals surface area contributed by atoms with Gasteiger partial charge < -0.3 is 4.90 Å². The first-order chi connectivity index (χ1) is 8.29. The number of hydrogen-bond acceptors (Lipinski definition) is 2. The van der Waals surface area contributed by atoms with E-state index < -0.39 is 0 Å². The molecular formula is C15H20FNO. The topological polar surface area (TPSA) is 20.3 Å². The van der Waals surface area contributed by atoms with Crippen molar-refractivity contribution in [1.29, 1.82) is 0 Å². The Bertz CT molecular complexity index is 460. The van der Waals surface area contributed by atoms with E-state index in [-0.39, 0.29) is 17.1 Å². The fourth-order valence-electron chi connectivity index (χ4n) is 1.90. The molecule has 0 heterocycles. The fourth-order valence-corrected chi connectivity index (χ4v) is 1.90. The molecule has 2 nitrogen and oxygen atoms in total. The van der Waals surface area contributed by atoms with Gasteiger partial charge in [-0.1, -0.05) is 12.1 Å². The zero-order valence-electron chi connectivity index (χ0n) is 11.5. The molecule has 0 radical (unpaired) electrons. The molecule has 1 aromatic rings. The van der Waals surface area contributed by atoms with Crippen molar-refractivity contribution in [2.24, 2.45) is 0 Å². The van der Waals surface area contributed by atoms with E-state index in [9.17, 15) is 9.18 Å². The minimum atomic E-state index is -0.375. The number of para-hydroxylation sites is 1. The highest BCUT2D eigenvalue weighted by Crippen LogP contribution is 2.30. The minimum absolute atomic E-state index is 0.136. The molecule has 3 heteroatoms. The van der Waals surface area contributed by atoms with Crippen LogP contribution in [0.4, 0.5) is 10.1 Å². The van der Waals surface area contributed by atoms with Crippen LogP contribution in [0.25, 0.3) is 0 Å². The summed E-state index contributed by atoms with van der Waals surface area (Å²) in [5.41, 5.74) is 0.477. The molecule has 0 atom stereocenters. The van der Waals surface area contributed by atoms with Crippen LogP contribution in [0.3, 0.4) is 0 Å². The van der Waals surface area contributed by atoms with Gasteiger partial charge >= 0.3 is 0 Å². The molecule has 1 rings (SSSR count). The maximum atomic E-state index is 14.1. The van der Waals surface area contributed by atoms with Crippen LogP contribution in [0.1, 0.15) is 38.1 Å². The van der Waals surface area contributed by atoms with Gasteiger partial charge in [-0.3, -0.25) is 4.79 Å². The second-order valence-electron chi connectivity index (χ2n) is 5.26. The molecule has 0 unspecified atom stereocenters. The van der Waals surface area contributed by atoms with E-state index in [1.54, 1.807) is 18.2 Å². The number of rotatable bonds is 4. The number of nitrogens with zero attached hydrogens (tertiary/aromatic N) is 1. The van der Waals surface area contributed by atoms with Crippen molar-refractivity contribution in [1.82, 2.24) is 0 Å². The van der Waals surface area contributed by atoms with E-state index >= 15 is 0 Å². The zero-order chi connectivity index (χ0) is 13.9. The van der Waals surface area contributed by atoms with Gasteiger partial charge in [-0.05, 0) is 39.8 Å². The van der Waals surface area contributed by atoms with Gasteiger partial charge in [0.25, 0.3) is 0 Å². The predicted molar refractivity (Wildman–Crippen MR) is 73.7 cm³/mol. The number of hydrogen-bond donors (Lipinski definition) is 0. The predicted octanol–water partition coefficient (Wildman–Crippen LogP) is 3.82. The minimum Gasteiger partial charge on any atom is -0.360 e. The molecule has 0 saturated heterocycles. The number of benzene rings is 1. The fraction of sp³-hybridized carbons (Fsp3) is 0.400. The number of halogens is 1. The first-order valence-electron chi connectivity index (χ1n) is 5.97. The van der Waals surface area contributed by atoms with Crippen molar-refractivity contribution in [3.05, 3.63) is 42.2 Å². The highest BCUT2D eigenvalue weighted by atomic mass is 19.1. The van der Waals surface area contributed by atoms with Crippen LogP contribution in [0, 0.1) is 5.82 Å². The number of ketones is 1. The van der Waals surface area contributed by atoms with E-state index in [1.807, 2.05) is 25.7 Å². The average molecular weight is 249 g/mol. The number of Topliss-reactive ketones (excluding diaryl/α,β-unsaturated/α-hetero) is 1. The largest absolute Gasteiger partial charge is 0.360 e.